The average molecular weight is 226 g/mol. The molecule has 1 unspecified atom stereocenters. The molecule has 0 spiro atoms. The number of fused-ring (bicyclic) bond motifs is 1. The first-order chi connectivity index (χ1) is 8.33. The molecule has 0 bridgehead atoms. The van der Waals surface area contributed by atoms with Gasteiger partial charge >= 0.3 is 5.97 Å². The lowest BCUT2D eigenvalue weighted by Crippen LogP contribution is -2.10. The van der Waals surface area contributed by atoms with Gasteiger partial charge in [-0.25, -0.2) is 0 Å². The smallest absolute Gasteiger partial charge is 0.306 e. The highest BCUT2D eigenvalue weighted by Crippen LogP contribution is 2.24. The van der Waals surface area contributed by atoms with E-state index in [1.54, 1.807) is 0 Å². The third-order valence-electron chi connectivity index (χ3n) is 3.30. The molecule has 0 aliphatic carbocycles. The molecule has 2 aromatic carbocycles. The topological polar surface area (TPSA) is 26.3 Å². The van der Waals surface area contributed by atoms with Crippen LogP contribution in [0.3, 0.4) is 0 Å². The van der Waals surface area contributed by atoms with E-state index in [-0.39, 0.29) is 12.1 Å². The molecule has 1 fully saturated rings. The van der Waals surface area contributed by atoms with Gasteiger partial charge < -0.3 is 4.74 Å². The van der Waals surface area contributed by atoms with Crippen molar-refractivity contribution in [2.45, 2.75) is 25.4 Å². The van der Waals surface area contributed by atoms with E-state index in [2.05, 4.69) is 30.3 Å². The van der Waals surface area contributed by atoms with Gasteiger partial charge in [0.1, 0.15) is 6.10 Å². The van der Waals surface area contributed by atoms with Crippen molar-refractivity contribution in [3.63, 3.8) is 0 Å². The molecule has 0 aromatic heterocycles. The van der Waals surface area contributed by atoms with Crippen molar-refractivity contribution in [3.05, 3.63) is 48.0 Å². The number of hydrogen-bond acceptors (Lipinski definition) is 2. The Kier molecular flexibility index (Phi) is 2.56. The maximum Gasteiger partial charge on any atom is 0.306 e. The Bertz CT molecular complexity index is 554. The van der Waals surface area contributed by atoms with E-state index < -0.39 is 0 Å². The van der Waals surface area contributed by atoms with E-state index in [1.807, 2.05) is 12.1 Å². The van der Waals surface area contributed by atoms with Gasteiger partial charge in [-0.3, -0.25) is 4.79 Å². The number of esters is 1. The van der Waals surface area contributed by atoms with Crippen molar-refractivity contribution in [2.24, 2.45) is 0 Å². The molecule has 1 atom stereocenters. The highest BCUT2D eigenvalue weighted by molar-refractivity contribution is 5.85. The van der Waals surface area contributed by atoms with Crippen LogP contribution in [0.5, 0.6) is 0 Å². The first kappa shape index (κ1) is 10.3. The predicted octanol–water partition coefficient (Wildman–Crippen LogP) is 3.09. The maximum absolute atomic E-state index is 11.1. The fourth-order valence-corrected chi connectivity index (χ4v) is 2.44. The number of carbonyl (C=O) groups excluding carboxylic acids is 1. The molecular formula is C15H14O2. The number of benzene rings is 2. The van der Waals surface area contributed by atoms with Gasteiger partial charge in [0.2, 0.25) is 0 Å². The van der Waals surface area contributed by atoms with E-state index in [9.17, 15) is 4.79 Å². The summed E-state index contributed by atoms with van der Waals surface area (Å²) in [7, 11) is 0. The van der Waals surface area contributed by atoms with Gasteiger partial charge in [0.15, 0.2) is 0 Å². The van der Waals surface area contributed by atoms with Gasteiger partial charge in [0, 0.05) is 12.8 Å². The molecule has 1 saturated heterocycles. The second-order valence-electron chi connectivity index (χ2n) is 4.49. The zero-order valence-corrected chi connectivity index (χ0v) is 9.56. The van der Waals surface area contributed by atoms with Gasteiger partial charge in [0.05, 0.1) is 0 Å². The average Bonchev–Trinajstić information content (AvgIpc) is 2.75. The molecule has 1 heterocycles. The standard InChI is InChI=1S/C15H14O2/c16-15-9-8-13(17-15)10-12-6-3-5-11-4-1-2-7-14(11)12/h1-7,13H,8-10H2. The lowest BCUT2D eigenvalue weighted by molar-refractivity contribution is -0.141. The number of rotatable bonds is 2. The summed E-state index contributed by atoms with van der Waals surface area (Å²) in [5.41, 5.74) is 1.27. The molecule has 3 rings (SSSR count). The van der Waals surface area contributed by atoms with Crippen LogP contribution < -0.4 is 0 Å². The number of ether oxygens (including phenoxy) is 1. The van der Waals surface area contributed by atoms with Crippen LogP contribution >= 0.6 is 0 Å². The quantitative estimate of drug-likeness (QED) is 0.735. The molecule has 17 heavy (non-hydrogen) atoms. The third-order valence-corrected chi connectivity index (χ3v) is 3.30. The van der Waals surface area contributed by atoms with E-state index in [4.69, 9.17) is 4.74 Å². The summed E-state index contributed by atoms with van der Waals surface area (Å²) in [5.74, 6) is -0.0600. The molecule has 2 aromatic rings. The van der Waals surface area contributed by atoms with Gasteiger partial charge in [-0.05, 0) is 22.8 Å². The van der Waals surface area contributed by atoms with Crippen molar-refractivity contribution < 1.29 is 9.53 Å². The van der Waals surface area contributed by atoms with Gasteiger partial charge in [-0.2, -0.15) is 0 Å². The molecule has 1 aliphatic rings. The van der Waals surface area contributed by atoms with Crippen molar-refractivity contribution >= 4 is 16.7 Å². The van der Waals surface area contributed by atoms with Crippen LogP contribution in [0.4, 0.5) is 0 Å². The Morgan fingerprint density at radius 1 is 1.12 bits per heavy atom. The Balaban J connectivity index is 1.92. The molecule has 0 amide bonds. The van der Waals surface area contributed by atoms with Crippen LogP contribution in [0, 0.1) is 0 Å². The Morgan fingerprint density at radius 2 is 1.94 bits per heavy atom. The maximum atomic E-state index is 11.1. The molecule has 0 saturated carbocycles. The van der Waals surface area contributed by atoms with Crippen LogP contribution in [0.25, 0.3) is 10.8 Å². The van der Waals surface area contributed by atoms with Gasteiger partial charge in [-0.15, -0.1) is 0 Å². The summed E-state index contributed by atoms with van der Waals surface area (Å²) in [4.78, 5) is 11.1. The molecule has 2 nitrogen and oxygen atoms in total. The minimum atomic E-state index is -0.0600. The zero-order valence-electron chi connectivity index (χ0n) is 9.56. The van der Waals surface area contributed by atoms with E-state index in [0.29, 0.717) is 6.42 Å². The van der Waals surface area contributed by atoms with Gasteiger partial charge in [-0.1, -0.05) is 42.5 Å². The molecule has 2 heteroatoms. The Labute approximate surface area is 100 Å². The fourth-order valence-electron chi connectivity index (χ4n) is 2.44. The lowest BCUT2D eigenvalue weighted by atomic mass is 9.99. The zero-order chi connectivity index (χ0) is 11.7. The summed E-state index contributed by atoms with van der Waals surface area (Å²) < 4.78 is 5.28. The predicted molar refractivity (Wildman–Crippen MR) is 66.8 cm³/mol. The number of hydrogen-bond donors (Lipinski definition) is 0. The highest BCUT2D eigenvalue weighted by atomic mass is 16.5. The van der Waals surface area contributed by atoms with Crippen LogP contribution in [0.2, 0.25) is 0 Å². The van der Waals surface area contributed by atoms with Gasteiger partial charge in [0.25, 0.3) is 0 Å². The minimum absolute atomic E-state index is 0.0600. The molecule has 0 N–H and O–H groups in total. The van der Waals surface area contributed by atoms with E-state index in [0.717, 1.165) is 12.8 Å². The molecule has 1 aliphatic heterocycles. The summed E-state index contributed by atoms with van der Waals surface area (Å²) >= 11 is 0. The van der Waals surface area contributed by atoms with Crippen molar-refractivity contribution in [3.8, 4) is 0 Å². The van der Waals surface area contributed by atoms with Crippen LogP contribution in [0.1, 0.15) is 18.4 Å². The Hall–Kier alpha value is -1.83. The summed E-state index contributed by atoms with van der Waals surface area (Å²) in [5, 5.41) is 2.51. The van der Waals surface area contributed by atoms with Crippen LogP contribution in [0.15, 0.2) is 42.5 Å². The van der Waals surface area contributed by atoms with E-state index >= 15 is 0 Å². The second kappa shape index (κ2) is 4.21. The molecule has 86 valence electrons. The van der Waals surface area contributed by atoms with E-state index in [1.165, 1.54) is 16.3 Å². The van der Waals surface area contributed by atoms with Crippen molar-refractivity contribution in [1.29, 1.82) is 0 Å². The summed E-state index contributed by atoms with van der Waals surface area (Å²) in [6.45, 7) is 0. The number of cyclic esters (lactones) is 1. The molecule has 0 radical (unpaired) electrons. The number of carbonyl (C=O) groups is 1. The lowest BCUT2D eigenvalue weighted by Gasteiger charge is -2.11. The third kappa shape index (κ3) is 2.03. The minimum Gasteiger partial charge on any atom is -0.462 e. The monoisotopic (exact) mass is 226 g/mol. The second-order valence-corrected chi connectivity index (χ2v) is 4.49. The summed E-state index contributed by atoms with van der Waals surface area (Å²) in [6.07, 6.45) is 2.30. The first-order valence-electron chi connectivity index (χ1n) is 5.99. The van der Waals surface area contributed by atoms with Crippen molar-refractivity contribution in [2.75, 3.05) is 0 Å². The largest absolute Gasteiger partial charge is 0.462 e. The van der Waals surface area contributed by atoms with Crippen molar-refractivity contribution in [1.82, 2.24) is 0 Å². The SMILES string of the molecule is O=C1CCC(Cc2cccc3ccccc23)O1. The highest BCUT2D eigenvalue weighted by Gasteiger charge is 2.23. The normalized spacial score (nSPS) is 19.5. The summed E-state index contributed by atoms with van der Waals surface area (Å²) in [6, 6.07) is 14.6. The Morgan fingerprint density at radius 3 is 2.76 bits per heavy atom. The molecular weight excluding hydrogens is 212 g/mol. The first-order valence-corrected chi connectivity index (χ1v) is 5.99. The van der Waals surface area contributed by atoms with Crippen LogP contribution in [-0.2, 0) is 16.0 Å². The van der Waals surface area contributed by atoms with Crippen LogP contribution in [-0.4, -0.2) is 12.1 Å². The fraction of sp³-hybridized carbons (Fsp3) is 0.267.